The lowest BCUT2D eigenvalue weighted by atomic mass is 9.68. The summed E-state index contributed by atoms with van der Waals surface area (Å²) in [5, 5.41) is 19.3. The van der Waals surface area contributed by atoms with Crippen molar-refractivity contribution >= 4 is 0 Å². The SMILES string of the molecule is CCC(C)c1cc(C(C)(CC(C)C)c2cc(C(C)CC)c(OCCO)c(C(C)CC)c2)cc(C(C)CC)c1OCCO. The van der Waals surface area contributed by atoms with Crippen molar-refractivity contribution in [3.05, 3.63) is 57.6 Å². The maximum atomic E-state index is 9.64. The number of ether oxygens (including phenoxy) is 2. The molecule has 2 rings (SSSR count). The van der Waals surface area contributed by atoms with Gasteiger partial charge in [0.15, 0.2) is 0 Å². The molecular formula is C38H62O4. The summed E-state index contributed by atoms with van der Waals surface area (Å²) in [6, 6.07) is 9.66. The highest BCUT2D eigenvalue weighted by Crippen LogP contribution is 2.48. The molecule has 0 aromatic heterocycles. The maximum absolute atomic E-state index is 9.64. The van der Waals surface area contributed by atoms with Gasteiger partial charge in [-0.2, -0.15) is 0 Å². The Bertz CT molecular complexity index is 963. The first-order valence-corrected chi connectivity index (χ1v) is 16.8. The van der Waals surface area contributed by atoms with E-state index in [1.54, 1.807) is 0 Å². The minimum atomic E-state index is -0.228. The van der Waals surface area contributed by atoms with E-state index in [1.807, 2.05) is 0 Å². The van der Waals surface area contributed by atoms with Gasteiger partial charge in [-0.1, -0.05) is 100 Å². The molecule has 0 aliphatic heterocycles. The molecule has 0 bridgehead atoms. The summed E-state index contributed by atoms with van der Waals surface area (Å²) in [6.07, 6.45) is 5.10. The molecule has 0 aliphatic carbocycles. The largest absolute Gasteiger partial charge is 0.491 e. The second kappa shape index (κ2) is 16.7. The van der Waals surface area contributed by atoms with E-state index in [4.69, 9.17) is 9.47 Å². The van der Waals surface area contributed by atoms with Crippen LogP contribution < -0.4 is 9.47 Å². The molecule has 0 saturated carbocycles. The lowest BCUT2D eigenvalue weighted by Gasteiger charge is -2.37. The van der Waals surface area contributed by atoms with Crippen LogP contribution in [0.2, 0.25) is 0 Å². The zero-order valence-electron chi connectivity index (χ0n) is 28.8. The van der Waals surface area contributed by atoms with Crippen molar-refractivity contribution in [1.82, 2.24) is 0 Å². The average Bonchev–Trinajstić information content (AvgIpc) is 2.99. The molecule has 42 heavy (non-hydrogen) atoms. The van der Waals surface area contributed by atoms with Crippen LogP contribution >= 0.6 is 0 Å². The highest BCUT2D eigenvalue weighted by molar-refractivity contribution is 5.56. The van der Waals surface area contributed by atoms with Gasteiger partial charge in [0.2, 0.25) is 0 Å². The maximum Gasteiger partial charge on any atom is 0.126 e. The Hall–Kier alpha value is -2.04. The molecule has 0 amide bonds. The number of hydrogen-bond acceptors (Lipinski definition) is 4. The van der Waals surface area contributed by atoms with Crippen LogP contribution in [0.5, 0.6) is 11.5 Å². The quantitative estimate of drug-likeness (QED) is 0.184. The molecular weight excluding hydrogens is 520 g/mol. The van der Waals surface area contributed by atoms with E-state index in [0.717, 1.165) is 43.6 Å². The molecule has 4 unspecified atom stereocenters. The minimum Gasteiger partial charge on any atom is -0.491 e. The van der Waals surface area contributed by atoms with Crippen LogP contribution in [0.25, 0.3) is 0 Å². The molecule has 0 heterocycles. The molecule has 4 heteroatoms. The predicted molar refractivity (Wildman–Crippen MR) is 179 cm³/mol. The number of rotatable bonds is 18. The van der Waals surface area contributed by atoms with E-state index in [-0.39, 0.29) is 18.6 Å². The Morgan fingerprint density at radius 3 is 1.07 bits per heavy atom. The third kappa shape index (κ3) is 8.32. The Morgan fingerprint density at radius 2 is 0.857 bits per heavy atom. The summed E-state index contributed by atoms with van der Waals surface area (Å²) in [5.41, 5.74) is 7.46. The Labute approximate surface area is 258 Å². The molecule has 238 valence electrons. The third-order valence-electron chi connectivity index (χ3n) is 9.63. The molecule has 2 aromatic rings. The molecule has 0 fully saturated rings. The first kappa shape index (κ1) is 36.2. The van der Waals surface area contributed by atoms with Gasteiger partial charge in [-0.25, -0.2) is 0 Å². The van der Waals surface area contributed by atoms with Gasteiger partial charge in [0, 0.05) is 5.41 Å². The van der Waals surface area contributed by atoms with Crippen LogP contribution in [0.4, 0.5) is 0 Å². The topological polar surface area (TPSA) is 58.9 Å². The zero-order valence-corrected chi connectivity index (χ0v) is 28.8. The van der Waals surface area contributed by atoms with Crippen molar-refractivity contribution in [2.75, 3.05) is 26.4 Å². The molecule has 0 aliphatic rings. The van der Waals surface area contributed by atoms with E-state index in [1.165, 1.54) is 33.4 Å². The summed E-state index contributed by atoms with van der Waals surface area (Å²) < 4.78 is 12.6. The summed E-state index contributed by atoms with van der Waals surface area (Å²) >= 11 is 0. The van der Waals surface area contributed by atoms with Gasteiger partial charge in [0.1, 0.15) is 24.7 Å². The number of hydrogen-bond donors (Lipinski definition) is 2. The molecule has 0 spiro atoms. The zero-order chi connectivity index (χ0) is 31.6. The van der Waals surface area contributed by atoms with Gasteiger partial charge in [0.25, 0.3) is 0 Å². The smallest absolute Gasteiger partial charge is 0.126 e. The van der Waals surface area contributed by atoms with Crippen molar-refractivity contribution < 1.29 is 19.7 Å². The van der Waals surface area contributed by atoms with Gasteiger partial charge < -0.3 is 19.7 Å². The van der Waals surface area contributed by atoms with Crippen molar-refractivity contribution in [3.63, 3.8) is 0 Å². The molecule has 4 atom stereocenters. The fraction of sp³-hybridized carbons (Fsp3) is 0.684. The van der Waals surface area contributed by atoms with E-state index >= 15 is 0 Å². The lowest BCUT2D eigenvalue weighted by Crippen LogP contribution is -2.28. The van der Waals surface area contributed by atoms with Crippen molar-refractivity contribution in [2.24, 2.45) is 5.92 Å². The van der Waals surface area contributed by atoms with Crippen molar-refractivity contribution in [3.8, 4) is 11.5 Å². The summed E-state index contributed by atoms with van der Waals surface area (Å²) in [7, 11) is 0. The number of benzene rings is 2. The number of aliphatic hydroxyl groups is 2. The van der Waals surface area contributed by atoms with E-state index in [2.05, 4.69) is 100 Å². The first-order valence-electron chi connectivity index (χ1n) is 16.8. The predicted octanol–water partition coefficient (Wildman–Crippen LogP) is 9.83. The highest BCUT2D eigenvalue weighted by Gasteiger charge is 2.35. The second-order valence-electron chi connectivity index (χ2n) is 13.3. The lowest BCUT2D eigenvalue weighted by molar-refractivity contribution is 0.198. The summed E-state index contributed by atoms with van der Waals surface area (Å²) in [4.78, 5) is 0. The normalized spacial score (nSPS) is 16.1. The summed E-state index contributed by atoms with van der Waals surface area (Å²) in [6.45, 7) is 25.8. The Balaban J connectivity index is 3.04. The fourth-order valence-electron chi connectivity index (χ4n) is 6.18. The van der Waals surface area contributed by atoms with Crippen LogP contribution in [0.15, 0.2) is 24.3 Å². The van der Waals surface area contributed by atoms with Crippen LogP contribution in [0.1, 0.15) is 165 Å². The van der Waals surface area contributed by atoms with Crippen LogP contribution in [-0.4, -0.2) is 36.6 Å². The van der Waals surface area contributed by atoms with E-state index in [9.17, 15) is 10.2 Å². The molecule has 0 saturated heterocycles. The molecule has 0 radical (unpaired) electrons. The molecule has 2 aromatic carbocycles. The molecule has 4 nitrogen and oxygen atoms in total. The Kier molecular flexibility index (Phi) is 14.4. The fourth-order valence-corrected chi connectivity index (χ4v) is 6.18. The van der Waals surface area contributed by atoms with Crippen LogP contribution in [0.3, 0.4) is 0 Å². The van der Waals surface area contributed by atoms with E-state index < -0.39 is 0 Å². The monoisotopic (exact) mass is 582 g/mol. The Morgan fingerprint density at radius 1 is 0.571 bits per heavy atom. The van der Waals surface area contributed by atoms with Gasteiger partial charge in [-0.15, -0.1) is 0 Å². The number of aliphatic hydroxyl groups excluding tert-OH is 2. The van der Waals surface area contributed by atoms with Crippen molar-refractivity contribution in [1.29, 1.82) is 0 Å². The van der Waals surface area contributed by atoms with Crippen LogP contribution in [0, 0.1) is 5.92 Å². The van der Waals surface area contributed by atoms with Gasteiger partial charge in [-0.3, -0.25) is 0 Å². The second-order valence-corrected chi connectivity index (χ2v) is 13.3. The standard InChI is InChI=1S/C38H62O4/c1-12-26(7)32-20-30(21-33(27(8)13-2)36(32)41-18-16-39)38(11,24-25(5)6)31-22-34(28(9)14-3)37(42-19-17-40)35(23-31)29(10)15-4/h20-23,25-29,39-40H,12-19,24H2,1-11H3. The highest BCUT2D eigenvalue weighted by atomic mass is 16.5. The molecule has 2 N–H and O–H groups in total. The average molecular weight is 583 g/mol. The van der Waals surface area contributed by atoms with Gasteiger partial charge >= 0.3 is 0 Å². The van der Waals surface area contributed by atoms with Gasteiger partial charge in [-0.05, 0) is 95.1 Å². The minimum absolute atomic E-state index is 0.00812. The van der Waals surface area contributed by atoms with Crippen molar-refractivity contribution in [2.45, 2.75) is 137 Å². The van der Waals surface area contributed by atoms with Crippen LogP contribution in [-0.2, 0) is 5.41 Å². The third-order valence-corrected chi connectivity index (χ3v) is 9.63. The first-order chi connectivity index (χ1) is 19.9. The van der Waals surface area contributed by atoms with Gasteiger partial charge in [0.05, 0.1) is 13.2 Å². The summed E-state index contributed by atoms with van der Waals surface area (Å²) in [5.74, 6) is 3.78. The van der Waals surface area contributed by atoms with E-state index in [0.29, 0.717) is 42.8 Å².